The second kappa shape index (κ2) is 10.9. The van der Waals surface area contributed by atoms with Crippen LogP contribution in [0.4, 0.5) is 13.2 Å². The minimum atomic E-state index is -4.79. The van der Waals surface area contributed by atoms with Crippen LogP contribution < -0.4 is 10.1 Å². The molecule has 0 radical (unpaired) electrons. The van der Waals surface area contributed by atoms with Crippen molar-refractivity contribution in [1.82, 2.24) is 9.88 Å². The number of benzene rings is 1. The van der Waals surface area contributed by atoms with E-state index >= 15 is 0 Å². The summed E-state index contributed by atoms with van der Waals surface area (Å²) in [6, 6.07) is 7.95. The molecule has 2 saturated carbocycles. The minimum absolute atomic E-state index is 0.152. The molecule has 7 heteroatoms. The zero-order valence-corrected chi connectivity index (χ0v) is 19.9. The van der Waals surface area contributed by atoms with Gasteiger partial charge in [-0.2, -0.15) is 0 Å². The first-order valence-corrected chi connectivity index (χ1v) is 12.7. The molecule has 34 heavy (non-hydrogen) atoms. The summed E-state index contributed by atoms with van der Waals surface area (Å²) in [6.45, 7) is 3.24. The van der Waals surface area contributed by atoms with Crippen molar-refractivity contribution in [3.8, 4) is 17.0 Å². The van der Waals surface area contributed by atoms with Gasteiger partial charge in [0.2, 0.25) is 0 Å². The van der Waals surface area contributed by atoms with Gasteiger partial charge in [-0.1, -0.05) is 50.7 Å². The number of hydrogen-bond donors (Lipinski definition) is 1. The topological polar surface area (TPSA) is 43.3 Å². The molecule has 0 atom stereocenters. The van der Waals surface area contributed by atoms with Gasteiger partial charge in [0, 0.05) is 24.3 Å². The highest BCUT2D eigenvalue weighted by atomic mass is 19.4. The summed E-state index contributed by atoms with van der Waals surface area (Å²) >= 11 is 0. The van der Waals surface area contributed by atoms with Crippen molar-refractivity contribution in [3.63, 3.8) is 0 Å². The third-order valence-corrected chi connectivity index (χ3v) is 7.44. The van der Waals surface area contributed by atoms with E-state index in [1.54, 1.807) is 18.2 Å². The van der Waals surface area contributed by atoms with Crippen LogP contribution in [0.15, 0.2) is 30.3 Å². The number of rotatable bonds is 7. The Kier molecular flexibility index (Phi) is 7.89. The van der Waals surface area contributed by atoms with Crippen LogP contribution in [0, 0.1) is 18.8 Å². The van der Waals surface area contributed by atoms with Crippen molar-refractivity contribution < 1.29 is 22.7 Å². The standard InChI is InChI=1S/C27H35F3N2O2/c1-19-23(26(33)31-17-20-10-4-2-5-11-20)16-24(32(19)18-21-12-6-3-7-13-21)22-14-8-9-15-25(22)34-27(28,29)30/h8-9,14-16,20-21H,2-7,10-13,17-18H2,1H3,(H,31,33). The Morgan fingerprint density at radius 3 is 2.26 bits per heavy atom. The fourth-order valence-corrected chi connectivity index (χ4v) is 5.58. The molecule has 1 N–H and O–H groups in total. The molecule has 0 saturated heterocycles. The molecule has 0 bridgehead atoms. The quantitative estimate of drug-likeness (QED) is 0.457. The number of aromatic nitrogens is 1. The van der Waals surface area contributed by atoms with Crippen LogP contribution in [0.1, 0.15) is 80.3 Å². The molecule has 4 rings (SSSR count). The zero-order valence-electron chi connectivity index (χ0n) is 19.9. The molecule has 2 aliphatic rings. The predicted molar refractivity (Wildman–Crippen MR) is 127 cm³/mol. The average molecular weight is 477 g/mol. The first kappa shape index (κ1) is 24.7. The number of amides is 1. The summed E-state index contributed by atoms with van der Waals surface area (Å²) in [5.74, 6) is 0.558. The van der Waals surface area contributed by atoms with Crippen molar-refractivity contribution in [3.05, 3.63) is 41.6 Å². The summed E-state index contributed by atoms with van der Waals surface area (Å²) in [5, 5.41) is 3.09. The number of para-hydroxylation sites is 1. The van der Waals surface area contributed by atoms with Gasteiger partial charge in [-0.3, -0.25) is 4.79 Å². The second-order valence-corrected chi connectivity index (χ2v) is 9.90. The number of carbonyl (C=O) groups excluding carboxylic acids is 1. The molecule has 0 unspecified atom stereocenters. The number of ether oxygens (including phenoxy) is 1. The number of nitrogens with zero attached hydrogens (tertiary/aromatic N) is 1. The van der Waals surface area contributed by atoms with Crippen LogP contribution in [0.5, 0.6) is 5.75 Å². The molecule has 1 heterocycles. The Morgan fingerprint density at radius 2 is 1.62 bits per heavy atom. The SMILES string of the molecule is Cc1c(C(=O)NCC2CCCCC2)cc(-c2ccccc2OC(F)(F)F)n1CC1CCCCC1. The predicted octanol–water partition coefficient (Wildman–Crippen LogP) is 7.25. The summed E-state index contributed by atoms with van der Waals surface area (Å²) in [7, 11) is 0. The summed E-state index contributed by atoms with van der Waals surface area (Å²) in [5.41, 5.74) is 2.28. The van der Waals surface area contributed by atoms with Gasteiger partial charge in [-0.05, 0) is 62.6 Å². The summed E-state index contributed by atoms with van der Waals surface area (Å²) in [4.78, 5) is 13.2. The Morgan fingerprint density at radius 1 is 1.00 bits per heavy atom. The third-order valence-electron chi connectivity index (χ3n) is 7.44. The molecule has 1 aromatic carbocycles. The smallest absolute Gasteiger partial charge is 0.405 e. The third kappa shape index (κ3) is 6.16. The fourth-order valence-electron chi connectivity index (χ4n) is 5.58. The van der Waals surface area contributed by atoms with Crippen molar-refractivity contribution in [2.45, 2.75) is 84.0 Å². The first-order valence-electron chi connectivity index (χ1n) is 12.7. The number of hydrogen-bond acceptors (Lipinski definition) is 2. The largest absolute Gasteiger partial charge is 0.573 e. The van der Waals surface area contributed by atoms with Crippen molar-refractivity contribution in [2.24, 2.45) is 11.8 Å². The molecule has 1 amide bonds. The Hall–Kier alpha value is -2.44. The van der Waals surface area contributed by atoms with E-state index in [0.717, 1.165) is 31.4 Å². The molecule has 4 nitrogen and oxygen atoms in total. The Balaban J connectivity index is 1.65. The maximum Gasteiger partial charge on any atom is 0.573 e. The first-order chi connectivity index (χ1) is 16.3. The lowest BCUT2D eigenvalue weighted by Gasteiger charge is -2.25. The van der Waals surface area contributed by atoms with Gasteiger partial charge >= 0.3 is 6.36 Å². The van der Waals surface area contributed by atoms with Gasteiger partial charge in [0.1, 0.15) is 5.75 Å². The molecule has 2 fully saturated rings. The lowest BCUT2D eigenvalue weighted by molar-refractivity contribution is -0.274. The minimum Gasteiger partial charge on any atom is -0.405 e. The van der Waals surface area contributed by atoms with Gasteiger partial charge in [-0.25, -0.2) is 0 Å². The van der Waals surface area contributed by atoms with Gasteiger partial charge in [0.05, 0.1) is 11.3 Å². The van der Waals surface area contributed by atoms with E-state index in [1.807, 2.05) is 11.5 Å². The second-order valence-electron chi connectivity index (χ2n) is 9.90. The van der Waals surface area contributed by atoms with E-state index in [0.29, 0.717) is 41.7 Å². The highest BCUT2D eigenvalue weighted by Gasteiger charge is 2.33. The van der Waals surface area contributed by atoms with E-state index in [-0.39, 0.29) is 11.7 Å². The fraction of sp³-hybridized carbons (Fsp3) is 0.593. The van der Waals surface area contributed by atoms with Crippen molar-refractivity contribution >= 4 is 5.91 Å². The molecule has 2 aromatic rings. The van der Waals surface area contributed by atoms with Crippen LogP contribution in [0.25, 0.3) is 11.3 Å². The molecule has 0 spiro atoms. The van der Waals surface area contributed by atoms with Crippen LogP contribution in [-0.2, 0) is 6.54 Å². The summed E-state index contributed by atoms with van der Waals surface area (Å²) < 4.78 is 45.7. The summed E-state index contributed by atoms with van der Waals surface area (Å²) in [6.07, 6.45) is 6.92. The molecule has 186 valence electrons. The Labute approximate surface area is 199 Å². The van der Waals surface area contributed by atoms with Crippen molar-refractivity contribution in [1.29, 1.82) is 0 Å². The van der Waals surface area contributed by atoms with Gasteiger partial charge < -0.3 is 14.6 Å². The average Bonchev–Trinajstić information content (AvgIpc) is 3.14. The highest BCUT2D eigenvalue weighted by molar-refractivity contribution is 5.97. The van der Waals surface area contributed by atoms with E-state index in [2.05, 4.69) is 10.1 Å². The molecular formula is C27H35F3N2O2. The van der Waals surface area contributed by atoms with Crippen molar-refractivity contribution in [2.75, 3.05) is 6.54 Å². The van der Waals surface area contributed by atoms with Crippen LogP contribution in [0.2, 0.25) is 0 Å². The van der Waals surface area contributed by atoms with Crippen LogP contribution in [0.3, 0.4) is 0 Å². The molecule has 2 aliphatic carbocycles. The number of nitrogens with one attached hydrogen (secondary N) is 1. The lowest BCUT2D eigenvalue weighted by atomic mass is 9.89. The van der Waals surface area contributed by atoms with Gasteiger partial charge in [0.25, 0.3) is 5.91 Å². The van der Waals surface area contributed by atoms with Crippen LogP contribution in [-0.4, -0.2) is 23.4 Å². The number of halogens is 3. The molecular weight excluding hydrogens is 441 g/mol. The van der Waals surface area contributed by atoms with E-state index in [1.165, 1.54) is 50.7 Å². The van der Waals surface area contributed by atoms with Crippen LogP contribution >= 0.6 is 0 Å². The van der Waals surface area contributed by atoms with E-state index in [4.69, 9.17) is 0 Å². The monoisotopic (exact) mass is 476 g/mol. The highest BCUT2D eigenvalue weighted by Crippen LogP contribution is 2.37. The number of alkyl halides is 3. The zero-order chi connectivity index (χ0) is 24.1. The number of carbonyl (C=O) groups is 1. The normalized spacial score (nSPS) is 18.1. The van der Waals surface area contributed by atoms with Gasteiger partial charge in [-0.15, -0.1) is 13.2 Å². The van der Waals surface area contributed by atoms with E-state index in [9.17, 15) is 18.0 Å². The Bertz CT molecular complexity index is 971. The maximum absolute atomic E-state index is 13.2. The van der Waals surface area contributed by atoms with Gasteiger partial charge in [0.15, 0.2) is 0 Å². The maximum atomic E-state index is 13.2. The van der Waals surface area contributed by atoms with E-state index < -0.39 is 6.36 Å². The molecule has 1 aromatic heterocycles. The lowest BCUT2D eigenvalue weighted by Crippen LogP contribution is -2.30. The molecule has 0 aliphatic heterocycles.